The van der Waals surface area contributed by atoms with Crippen molar-refractivity contribution in [1.82, 2.24) is 15.1 Å². The van der Waals surface area contributed by atoms with Crippen LogP contribution in [0.2, 0.25) is 0 Å². The maximum atomic E-state index is 12.7. The fourth-order valence-corrected chi connectivity index (χ4v) is 5.91. The van der Waals surface area contributed by atoms with Crippen LogP contribution in [-0.4, -0.2) is 22.2 Å². The Balaban J connectivity index is 1.17. The number of nitrogens with one attached hydrogen (secondary N) is 2. The number of amides is 1. The van der Waals surface area contributed by atoms with Gasteiger partial charge in [0.05, 0.1) is 17.3 Å². The van der Waals surface area contributed by atoms with Gasteiger partial charge in [0, 0.05) is 24.8 Å². The summed E-state index contributed by atoms with van der Waals surface area (Å²) in [6, 6.07) is 24.0. The molecule has 3 aromatic carbocycles. The lowest BCUT2D eigenvalue weighted by molar-refractivity contribution is -0.121. The fraction of sp³-hybridized carbons (Fsp3) is 0.250. The summed E-state index contributed by atoms with van der Waals surface area (Å²) in [5, 5.41) is 6.41. The van der Waals surface area contributed by atoms with Crippen LogP contribution < -0.4 is 16.4 Å². The number of hydrogen-bond donors (Lipinski definition) is 2. The normalized spacial score (nSPS) is 20.1. The van der Waals surface area contributed by atoms with Gasteiger partial charge in [-0.2, -0.15) is 0 Å². The number of carbonyl (C=O) groups is 1. The molecule has 0 spiro atoms. The SMILES string of the molecule is O=C(CCn1[nH]c(=O)c2ccccc2c1=O)NC[C@H]1CC2c3ccccc3C1c1ccccc12. The van der Waals surface area contributed by atoms with Crippen LogP contribution in [0.4, 0.5) is 0 Å². The zero-order chi connectivity index (χ0) is 23.2. The van der Waals surface area contributed by atoms with Crippen molar-refractivity contribution in [2.24, 2.45) is 5.92 Å². The van der Waals surface area contributed by atoms with Crippen molar-refractivity contribution >= 4 is 16.7 Å². The maximum absolute atomic E-state index is 12.7. The van der Waals surface area contributed by atoms with E-state index in [1.165, 1.54) is 26.9 Å². The summed E-state index contributed by atoms with van der Waals surface area (Å²) in [6.45, 7) is 0.721. The van der Waals surface area contributed by atoms with Crippen molar-refractivity contribution in [3.63, 3.8) is 0 Å². The predicted molar refractivity (Wildman–Crippen MR) is 131 cm³/mol. The lowest BCUT2D eigenvalue weighted by Crippen LogP contribution is -2.40. The largest absolute Gasteiger partial charge is 0.356 e. The van der Waals surface area contributed by atoms with Crippen LogP contribution in [0.25, 0.3) is 10.8 Å². The zero-order valence-electron chi connectivity index (χ0n) is 18.7. The van der Waals surface area contributed by atoms with Crippen LogP contribution in [0.1, 0.15) is 46.9 Å². The number of rotatable bonds is 5. The van der Waals surface area contributed by atoms with Crippen molar-refractivity contribution in [2.75, 3.05) is 6.54 Å². The molecule has 6 heteroatoms. The Morgan fingerprint density at radius 3 is 2.12 bits per heavy atom. The minimum Gasteiger partial charge on any atom is -0.356 e. The van der Waals surface area contributed by atoms with Gasteiger partial charge in [0.2, 0.25) is 5.91 Å². The molecule has 0 saturated heterocycles. The van der Waals surface area contributed by atoms with Crippen molar-refractivity contribution in [1.29, 1.82) is 0 Å². The van der Waals surface area contributed by atoms with Gasteiger partial charge < -0.3 is 5.32 Å². The predicted octanol–water partition coefficient (Wildman–Crippen LogP) is 3.49. The molecule has 2 N–H and O–H groups in total. The summed E-state index contributed by atoms with van der Waals surface area (Å²) >= 11 is 0. The molecule has 1 heterocycles. The second-order valence-corrected chi connectivity index (χ2v) is 9.28. The molecular formula is C28H25N3O3. The molecule has 1 amide bonds. The van der Waals surface area contributed by atoms with Gasteiger partial charge in [-0.1, -0.05) is 60.7 Å². The van der Waals surface area contributed by atoms with Gasteiger partial charge in [-0.25, -0.2) is 4.68 Å². The van der Waals surface area contributed by atoms with Gasteiger partial charge >= 0.3 is 0 Å². The summed E-state index contributed by atoms with van der Waals surface area (Å²) in [5.74, 6) is 0.837. The number of fused-ring (bicyclic) bond motifs is 2. The van der Waals surface area contributed by atoms with Crippen LogP contribution in [0.5, 0.6) is 0 Å². The average Bonchev–Trinajstić information content (AvgIpc) is 2.89. The first-order valence-corrected chi connectivity index (χ1v) is 11.8. The molecule has 0 saturated carbocycles. The molecule has 170 valence electrons. The van der Waals surface area contributed by atoms with Gasteiger partial charge in [-0.05, 0) is 46.7 Å². The summed E-state index contributed by atoms with van der Waals surface area (Å²) in [6.07, 6.45) is 1.14. The monoisotopic (exact) mass is 451 g/mol. The average molecular weight is 452 g/mol. The molecule has 34 heavy (non-hydrogen) atoms. The number of H-pyrrole nitrogens is 1. The lowest BCUT2D eigenvalue weighted by Gasteiger charge is -2.45. The minimum absolute atomic E-state index is 0.121. The van der Waals surface area contributed by atoms with Gasteiger partial charge in [0.1, 0.15) is 0 Å². The molecule has 7 rings (SSSR count). The molecule has 3 aliphatic carbocycles. The van der Waals surface area contributed by atoms with Gasteiger partial charge in [-0.15, -0.1) is 0 Å². The number of carbonyl (C=O) groups excluding carboxylic acids is 1. The zero-order valence-corrected chi connectivity index (χ0v) is 18.7. The second-order valence-electron chi connectivity index (χ2n) is 9.28. The van der Waals surface area contributed by atoms with E-state index in [1.807, 2.05) is 0 Å². The van der Waals surface area contributed by atoms with Gasteiger partial charge in [0.25, 0.3) is 11.1 Å². The van der Waals surface area contributed by atoms with Gasteiger partial charge in [-0.3, -0.25) is 19.5 Å². The van der Waals surface area contributed by atoms with E-state index < -0.39 is 0 Å². The standard InChI is InChI=1S/C28H25N3O3/c32-25(13-14-31-28(34)23-12-6-5-11-22(23)27(33)30-31)29-16-17-15-24-18-7-1-3-9-20(18)26(17)21-10-4-2-8-19(21)24/h1-12,17,24,26H,13-16H2,(H,29,32)(H,30,33)/t17-,24?,26?/m1/s1. The number of aromatic amines is 1. The highest BCUT2D eigenvalue weighted by molar-refractivity contribution is 5.80. The van der Waals surface area contributed by atoms with E-state index in [-0.39, 0.29) is 35.9 Å². The van der Waals surface area contributed by atoms with E-state index in [0.717, 1.165) is 6.42 Å². The first kappa shape index (κ1) is 20.7. The summed E-state index contributed by atoms with van der Waals surface area (Å²) < 4.78 is 1.24. The molecule has 0 fully saturated rings. The number of hydrogen-bond acceptors (Lipinski definition) is 3. The highest BCUT2D eigenvalue weighted by Crippen LogP contribution is 2.55. The van der Waals surface area contributed by atoms with E-state index in [0.29, 0.717) is 29.2 Å². The first-order chi connectivity index (χ1) is 16.6. The van der Waals surface area contributed by atoms with E-state index in [2.05, 4.69) is 58.9 Å². The molecule has 3 aliphatic rings. The van der Waals surface area contributed by atoms with E-state index in [9.17, 15) is 14.4 Å². The third kappa shape index (κ3) is 3.29. The molecule has 1 aromatic heterocycles. The van der Waals surface area contributed by atoms with E-state index in [4.69, 9.17) is 0 Å². The van der Waals surface area contributed by atoms with Crippen LogP contribution in [0.3, 0.4) is 0 Å². The summed E-state index contributed by atoms with van der Waals surface area (Å²) in [7, 11) is 0. The lowest BCUT2D eigenvalue weighted by atomic mass is 9.59. The van der Waals surface area contributed by atoms with Crippen molar-refractivity contribution < 1.29 is 4.79 Å². The maximum Gasteiger partial charge on any atom is 0.273 e. The topological polar surface area (TPSA) is 84.0 Å². The number of aryl methyl sites for hydroxylation is 1. The smallest absolute Gasteiger partial charge is 0.273 e. The molecule has 6 nitrogen and oxygen atoms in total. The number of nitrogens with zero attached hydrogens (tertiary/aromatic N) is 1. The third-order valence-corrected chi connectivity index (χ3v) is 7.43. The Kier molecular flexibility index (Phi) is 4.94. The Morgan fingerprint density at radius 2 is 1.44 bits per heavy atom. The van der Waals surface area contributed by atoms with E-state index >= 15 is 0 Å². The van der Waals surface area contributed by atoms with Crippen LogP contribution in [0, 0.1) is 5.92 Å². The number of aromatic nitrogens is 2. The van der Waals surface area contributed by atoms with Gasteiger partial charge in [0.15, 0.2) is 0 Å². The quantitative estimate of drug-likeness (QED) is 0.487. The minimum atomic E-state index is -0.328. The Hall–Kier alpha value is -3.93. The van der Waals surface area contributed by atoms with Crippen molar-refractivity contribution in [2.45, 2.75) is 31.2 Å². The summed E-state index contributed by atoms with van der Waals surface area (Å²) in [4.78, 5) is 37.7. The Bertz CT molecular complexity index is 1490. The molecule has 2 bridgehead atoms. The molecule has 1 atom stereocenters. The fourth-order valence-electron chi connectivity index (χ4n) is 5.91. The molecule has 0 aliphatic heterocycles. The third-order valence-electron chi connectivity index (χ3n) is 7.43. The Labute approximate surface area is 196 Å². The van der Waals surface area contributed by atoms with E-state index in [1.54, 1.807) is 24.3 Å². The van der Waals surface area contributed by atoms with Crippen LogP contribution >= 0.6 is 0 Å². The number of benzene rings is 3. The summed E-state index contributed by atoms with van der Waals surface area (Å²) in [5.41, 5.74) is 4.95. The first-order valence-electron chi connectivity index (χ1n) is 11.8. The molecular weight excluding hydrogens is 426 g/mol. The molecule has 4 aromatic rings. The van der Waals surface area contributed by atoms with Crippen molar-refractivity contribution in [3.05, 3.63) is 116 Å². The second kappa shape index (κ2) is 8.13. The highest BCUT2D eigenvalue weighted by atomic mass is 16.2. The molecule has 0 unspecified atom stereocenters. The highest BCUT2D eigenvalue weighted by Gasteiger charge is 2.42. The van der Waals surface area contributed by atoms with Crippen LogP contribution in [-0.2, 0) is 11.3 Å². The van der Waals surface area contributed by atoms with Crippen molar-refractivity contribution in [3.8, 4) is 0 Å². The molecule has 0 radical (unpaired) electrons. The van der Waals surface area contributed by atoms with Crippen LogP contribution in [0.15, 0.2) is 82.4 Å². The Morgan fingerprint density at radius 1 is 0.853 bits per heavy atom.